The number of hydrogen-bond acceptors (Lipinski definition) is 6. The Labute approximate surface area is 112 Å². The lowest BCUT2D eigenvalue weighted by Gasteiger charge is -2.12. The molecule has 0 unspecified atom stereocenters. The molecular formula is C12H12N2O6. The Kier molecular flexibility index (Phi) is 3.23. The third-order valence-electron chi connectivity index (χ3n) is 3.03. The summed E-state index contributed by atoms with van der Waals surface area (Å²) >= 11 is 0. The maximum absolute atomic E-state index is 11.9. The van der Waals surface area contributed by atoms with Crippen molar-refractivity contribution in [3.05, 3.63) is 32.6 Å². The molecule has 8 nitrogen and oxygen atoms in total. The largest absolute Gasteiger partial charge is 0.501 e. The van der Waals surface area contributed by atoms with Gasteiger partial charge in [-0.2, -0.15) is 0 Å². The van der Waals surface area contributed by atoms with E-state index < -0.39 is 21.9 Å². The van der Waals surface area contributed by atoms with Crippen molar-refractivity contribution in [2.24, 2.45) is 7.05 Å². The highest BCUT2D eigenvalue weighted by molar-refractivity contribution is 5.91. The Balaban J connectivity index is 3.00. The molecule has 1 N–H and O–H groups in total. The maximum atomic E-state index is 11.9. The minimum atomic E-state index is -0.909. The number of methoxy groups -OCH3 is 2. The third kappa shape index (κ3) is 1.81. The third-order valence-corrected chi connectivity index (χ3v) is 3.03. The molecule has 1 heterocycles. The number of nitro groups is 1. The maximum Gasteiger partial charge on any atom is 0.375 e. The van der Waals surface area contributed by atoms with Gasteiger partial charge in [-0.15, -0.1) is 0 Å². The number of aromatic nitrogens is 1. The van der Waals surface area contributed by atoms with Crippen LogP contribution in [0.3, 0.4) is 0 Å². The van der Waals surface area contributed by atoms with E-state index >= 15 is 0 Å². The highest BCUT2D eigenvalue weighted by atomic mass is 16.6. The number of fused-ring (bicyclic) bond motifs is 1. The lowest BCUT2D eigenvalue weighted by molar-refractivity contribution is -0.387. The van der Waals surface area contributed by atoms with Gasteiger partial charge in [-0.25, -0.2) is 0 Å². The Morgan fingerprint density at radius 3 is 2.30 bits per heavy atom. The molecule has 0 saturated heterocycles. The van der Waals surface area contributed by atoms with Gasteiger partial charge in [0.2, 0.25) is 5.75 Å². The van der Waals surface area contributed by atoms with Crippen LogP contribution in [-0.2, 0) is 7.05 Å². The lowest BCUT2D eigenvalue weighted by Crippen LogP contribution is -2.20. The highest BCUT2D eigenvalue weighted by Gasteiger charge is 2.25. The van der Waals surface area contributed by atoms with Crippen LogP contribution in [0.25, 0.3) is 10.9 Å². The predicted octanol–water partition coefficient (Wildman–Crippen LogP) is 1.17. The molecule has 0 atom stereocenters. The van der Waals surface area contributed by atoms with Gasteiger partial charge in [-0.3, -0.25) is 14.9 Å². The number of hydrogen-bond donors (Lipinski definition) is 1. The zero-order valence-electron chi connectivity index (χ0n) is 11.0. The molecule has 0 amide bonds. The first-order valence-electron chi connectivity index (χ1n) is 5.54. The molecule has 20 heavy (non-hydrogen) atoms. The van der Waals surface area contributed by atoms with Gasteiger partial charge >= 0.3 is 11.2 Å². The fourth-order valence-electron chi connectivity index (χ4n) is 2.00. The SMILES string of the molecule is COc1cc2c(O)c([N+](=O)[O-])c(=O)n(C)c2cc1OC. The van der Waals surface area contributed by atoms with Crippen molar-refractivity contribution in [2.75, 3.05) is 14.2 Å². The van der Waals surface area contributed by atoms with E-state index in [1.165, 1.54) is 33.4 Å². The average Bonchev–Trinajstić information content (AvgIpc) is 2.43. The first-order chi connectivity index (χ1) is 9.42. The summed E-state index contributed by atoms with van der Waals surface area (Å²) in [6, 6.07) is 2.86. The number of pyridine rings is 1. The van der Waals surface area contributed by atoms with Crippen LogP contribution in [0.15, 0.2) is 16.9 Å². The zero-order valence-corrected chi connectivity index (χ0v) is 11.0. The standard InChI is InChI=1S/C12H12N2O6/c1-13-7-5-9(20-3)8(19-2)4-6(7)11(15)10(12(13)16)14(17)18/h4-5,15H,1-3H3. The van der Waals surface area contributed by atoms with Gasteiger partial charge in [0.05, 0.1) is 30.0 Å². The number of aromatic hydroxyl groups is 1. The van der Waals surface area contributed by atoms with Gasteiger partial charge in [-0.1, -0.05) is 0 Å². The summed E-state index contributed by atoms with van der Waals surface area (Å²) < 4.78 is 11.3. The quantitative estimate of drug-likeness (QED) is 0.668. The van der Waals surface area contributed by atoms with Crippen LogP contribution in [0.5, 0.6) is 17.2 Å². The summed E-state index contributed by atoms with van der Waals surface area (Å²) in [5.41, 5.74) is -1.46. The number of rotatable bonds is 3. The van der Waals surface area contributed by atoms with Crippen molar-refractivity contribution in [1.29, 1.82) is 0 Å². The fraction of sp³-hybridized carbons (Fsp3) is 0.250. The molecule has 106 valence electrons. The van der Waals surface area contributed by atoms with Crippen molar-refractivity contribution in [2.45, 2.75) is 0 Å². The average molecular weight is 280 g/mol. The topological polar surface area (TPSA) is 104 Å². The van der Waals surface area contributed by atoms with Crippen molar-refractivity contribution in [3.63, 3.8) is 0 Å². The molecule has 0 aliphatic carbocycles. The zero-order chi connectivity index (χ0) is 15.0. The van der Waals surface area contributed by atoms with E-state index in [2.05, 4.69) is 0 Å². The van der Waals surface area contributed by atoms with Crippen LogP contribution < -0.4 is 15.0 Å². The Hall–Kier alpha value is -2.77. The molecule has 0 aliphatic rings. The lowest BCUT2D eigenvalue weighted by atomic mass is 10.1. The number of ether oxygens (including phenoxy) is 2. The van der Waals surface area contributed by atoms with Gasteiger partial charge in [0.1, 0.15) is 0 Å². The van der Waals surface area contributed by atoms with Gasteiger partial charge in [0.25, 0.3) is 0 Å². The molecule has 1 aromatic heterocycles. The summed E-state index contributed by atoms with van der Waals surface area (Å²) in [7, 11) is 4.20. The second-order valence-electron chi connectivity index (χ2n) is 4.04. The second kappa shape index (κ2) is 4.72. The van der Waals surface area contributed by atoms with E-state index in [4.69, 9.17) is 9.47 Å². The molecule has 0 fully saturated rings. The van der Waals surface area contributed by atoms with Crippen LogP contribution in [-0.4, -0.2) is 28.8 Å². The Bertz CT molecular complexity index is 765. The Morgan fingerprint density at radius 1 is 1.25 bits per heavy atom. The number of aryl methyl sites for hydroxylation is 1. The molecular weight excluding hydrogens is 268 g/mol. The van der Waals surface area contributed by atoms with Crippen molar-refractivity contribution in [3.8, 4) is 17.2 Å². The van der Waals surface area contributed by atoms with E-state index in [9.17, 15) is 20.0 Å². The predicted molar refractivity (Wildman–Crippen MR) is 70.6 cm³/mol. The fourth-order valence-corrected chi connectivity index (χ4v) is 2.00. The summed E-state index contributed by atoms with van der Waals surface area (Å²) in [5, 5.41) is 21.0. The molecule has 2 rings (SSSR count). The van der Waals surface area contributed by atoms with E-state index in [-0.39, 0.29) is 5.39 Å². The highest BCUT2D eigenvalue weighted by Crippen LogP contribution is 2.38. The molecule has 0 bridgehead atoms. The van der Waals surface area contributed by atoms with Crippen molar-refractivity contribution >= 4 is 16.6 Å². The molecule has 8 heteroatoms. The van der Waals surface area contributed by atoms with E-state index in [0.29, 0.717) is 17.0 Å². The van der Waals surface area contributed by atoms with Gasteiger partial charge < -0.3 is 19.1 Å². The van der Waals surface area contributed by atoms with Crippen LogP contribution in [0, 0.1) is 10.1 Å². The summed E-state index contributed by atoms with van der Waals surface area (Å²) in [4.78, 5) is 21.9. The van der Waals surface area contributed by atoms with Crippen LogP contribution >= 0.6 is 0 Å². The molecule has 0 aliphatic heterocycles. The van der Waals surface area contributed by atoms with Crippen LogP contribution in [0.4, 0.5) is 5.69 Å². The number of nitrogens with zero attached hydrogens (tertiary/aromatic N) is 2. The van der Waals surface area contributed by atoms with Crippen molar-refractivity contribution in [1.82, 2.24) is 4.57 Å². The molecule has 2 aromatic rings. The number of benzene rings is 1. The van der Waals surface area contributed by atoms with E-state index in [1.54, 1.807) is 0 Å². The molecule has 0 spiro atoms. The molecule has 1 aromatic carbocycles. The van der Waals surface area contributed by atoms with Crippen LogP contribution in [0.1, 0.15) is 0 Å². The van der Waals surface area contributed by atoms with Gasteiger partial charge in [0, 0.05) is 13.1 Å². The van der Waals surface area contributed by atoms with Crippen molar-refractivity contribution < 1.29 is 19.5 Å². The smallest absolute Gasteiger partial charge is 0.375 e. The summed E-state index contributed by atoms with van der Waals surface area (Å²) in [6.45, 7) is 0. The van der Waals surface area contributed by atoms with Crippen LogP contribution in [0.2, 0.25) is 0 Å². The monoisotopic (exact) mass is 280 g/mol. The minimum absolute atomic E-state index is 0.136. The molecule has 0 saturated carbocycles. The molecule has 0 radical (unpaired) electrons. The second-order valence-corrected chi connectivity index (χ2v) is 4.04. The van der Waals surface area contributed by atoms with Gasteiger partial charge in [0.15, 0.2) is 11.5 Å². The van der Waals surface area contributed by atoms with E-state index in [0.717, 1.165) is 4.57 Å². The Morgan fingerprint density at radius 2 is 1.80 bits per heavy atom. The van der Waals surface area contributed by atoms with Gasteiger partial charge in [-0.05, 0) is 6.07 Å². The first-order valence-corrected chi connectivity index (χ1v) is 5.54. The first kappa shape index (κ1) is 13.7. The minimum Gasteiger partial charge on any atom is -0.501 e. The summed E-state index contributed by atoms with van der Waals surface area (Å²) in [6.07, 6.45) is 0. The summed E-state index contributed by atoms with van der Waals surface area (Å²) in [5.74, 6) is -0.0412. The normalized spacial score (nSPS) is 10.6. The van der Waals surface area contributed by atoms with E-state index in [1.807, 2.05) is 0 Å².